The molecule has 1 saturated heterocycles. The fraction of sp³-hybridized carbons (Fsp3) is 0.500. The fourth-order valence-corrected chi connectivity index (χ4v) is 2.32. The van der Waals surface area contributed by atoms with E-state index in [1.165, 1.54) is 5.56 Å². The average molecular weight is 305 g/mol. The number of ether oxygens (including phenoxy) is 1. The topological polar surface area (TPSA) is 45.7 Å². The molecule has 0 saturated carbocycles. The molecular weight excluding hydrogens is 282 g/mol. The molecule has 0 spiro atoms. The van der Waals surface area contributed by atoms with Gasteiger partial charge >= 0.3 is 0 Å². The molecule has 0 bridgehead atoms. The van der Waals surface area contributed by atoms with E-state index in [0.717, 1.165) is 31.6 Å². The zero-order valence-corrected chi connectivity index (χ0v) is 13.5. The lowest BCUT2D eigenvalue weighted by molar-refractivity contribution is 0.114. The highest BCUT2D eigenvalue weighted by Crippen LogP contribution is 2.13. The van der Waals surface area contributed by atoms with Crippen LogP contribution in [-0.2, 0) is 4.74 Å². The minimum atomic E-state index is 0.275. The maximum atomic E-state index is 5.52. The highest BCUT2D eigenvalue weighted by molar-refractivity contribution is 7.80. The minimum Gasteiger partial charge on any atom is -0.376 e. The van der Waals surface area contributed by atoms with Crippen LogP contribution in [0, 0.1) is 0 Å². The van der Waals surface area contributed by atoms with Crippen molar-refractivity contribution >= 4 is 23.5 Å². The summed E-state index contributed by atoms with van der Waals surface area (Å²) in [6, 6.07) is 8.37. The monoisotopic (exact) mass is 305 g/mol. The summed E-state index contributed by atoms with van der Waals surface area (Å²) >= 11 is 5.17. The first kappa shape index (κ1) is 15.9. The predicted molar refractivity (Wildman–Crippen MR) is 90.8 cm³/mol. The van der Waals surface area contributed by atoms with Crippen LogP contribution < -0.4 is 10.7 Å². The van der Waals surface area contributed by atoms with Gasteiger partial charge in [0.2, 0.25) is 0 Å². The Hall–Kier alpha value is -1.46. The molecule has 1 aliphatic heterocycles. The van der Waals surface area contributed by atoms with Crippen molar-refractivity contribution in [3.8, 4) is 0 Å². The predicted octanol–water partition coefficient (Wildman–Crippen LogP) is 2.79. The van der Waals surface area contributed by atoms with Crippen molar-refractivity contribution in [2.75, 3.05) is 13.2 Å². The van der Waals surface area contributed by atoms with Crippen LogP contribution in [0.2, 0.25) is 0 Å². The molecule has 2 rings (SSSR count). The average Bonchev–Trinajstić information content (AvgIpc) is 2.99. The third-order valence-electron chi connectivity index (χ3n) is 3.50. The molecule has 114 valence electrons. The Labute approximate surface area is 132 Å². The van der Waals surface area contributed by atoms with Crippen molar-refractivity contribution in [2.45, 2.75) is 38.7 Å². The molecule has 5 heteroatoms. The van der Waals surface area contributed by atoms with Crippen LogP contribution in [0.1, 0.15) is 43.7 Å². The molecule has 1 fully saturated rings. The van der Waals surface area contributed by atoms with Crippen molar-refractivity contribution in [1.29, 1.82) is 0 Å². The van der Waals surface area contributed by atoms with Crippen molar-refractivity contribution in [2.24, 2.45) is 5.10 Å². The summed E-state index contributed by atoms with van der Waals surface area (Å²) in [5.41, 5.74) is 5.20. The van der Waals surface area contributed by atoms with Gasteiger partial charge < -0.3 is 10.1 Å². The van der Waals surface area contributed by atoms with E-state index >= 15 is 0 Å². The van der Waals surface area contributed by atoms with E-state index in [4.69, 9.17) is 17.0 Å². The zero-order valence-electron chi connectivity index (χ0n) is 12.6. The normalized spacial score (nSPS) is 18.3. The van der Waals surface area contributed by atoms with Crippen LogP contribution >= 0.6 is 12.2 Å². The molecule has 1 heterocycles. The van der Waals surface area contributed by atoms with Gasteiger partial charge in [0.05, 0.1) is 12.3 Å². The van der Waals surface area contributed by atoms with Crippen LogP contribution in [0.3, 0.4) is 0 Å². The largest absolute Gasteiger partial charge is 0.376 e. The van der Waals surface area contributed by atoms with Gasteiger partial charge in [-0.2, -0.15) is 5.10 Å². The van der Waals surface area contributed by atoms with E-state index < -0.39 is 0 Å². The van der Waals surface area contributed by atoms with Crippen LogP contribution in [-0.4, -0.2) is 30.6 Å². The highest BCUT2D eigenvalue weighted by Gasteiger charge is 2.14. The number of hydrogen-bond donors (Lipinski definition) is 2. The van der Waals surface area contributed by atoms with Gasteiger partial charge in [0.25, 0.3) is 0 Å². The highest BCUT2D eigenvalue weighted by atomic mass is 32.1. The quantitative estimate of drug-likeness (QED) is 0.499. The number of nitrogens with one attached hydrogen (secondary N) is 2. The third kappa shape index (κ3) is 5.44. The second-order valence-electron chi connectivity index (χ2n) is 5.54. The number of nitrogens with zero attached hydrogens (tertiary/aromatic N) is 1. The number of thiocarbonyl (C=S) groups is 1. The molecule has 4 nitrogen and oxygen atoms in total. The molecule has 0 radical (unpaired) electrons. The molecule has 1 aromatic rings. The molecule has 1 aliphatic rings. The lowest BCUT2D eigenvalue weighted by Crippen LogP contribution is -2.37. The first-order valence-corrected chi connectivity index (χ1v) is 7.84. The molecule has 0 amide bonds. The summed E-state index contributed by atoms with van der Waals surface area (Å²) in [6.07, 6.45) is 4.28. The van der Waals surface area contributed by atoms with Crippen LogP contribution in [0.5, 0.6) is 0 Å². The second-order valence-corrected chi connectivity index (χ2v) is 5.94. The van der Waals surface area contributed by atoms with Gasteiger partial charge in [-0.05, 0) is 42.1 Å². The minimum absolute atomic E-state index is 0.275. The van der Waals surface area contributed by atoms with E-state index in [1.54, 1.807) is 6.21 Å². The second kappa shape index (κ2) is 8.10. The summed E-state index contributed by atoms with van der Waals surface area (Å²) < 4.78 is 5.52. The Kier molecular flexibility index (Phi) is 6.14. The van der Waals surface area contributed by atoms with E-state index in [9.17, 15) is 0 Å². The Morgan fingerprint density at radius 2 is 2.19 bits per heavy atom. The van der Waals surface area contributed by atoms with E-state index in [1.807, 2.05) is 0 Å². The number of hydrazone groups is 1. The van der Waals surface area contributed by atoms with Crippen LogP contribution in [0.25, 0.3) is 0 Å². The standard InChI is InChI=1S/C16H23N3OS/c1-12(2)14-7-5-13(6-8-14)10-18-19-16(21)17-11-15-4-3-9-20-15/h5-8,10,12,15H,3-4,9,11H2,1-2H3,(H2,17,19,21). The van der Waals surface area contributed by atoms with Crippen molar-refractivity contribution < 1.29 is 4.74 Å². The molecule has 0 aliphatic carbocycles. The van der Waals surface area contributed by atoms with Gasteiger partial charge in [-0.1, -0.05) is 38.1 Å². The van der Waals surface area contributed by atoms with E-state index in [0.29, 0.717) is 11.0 Å². The SMILES string of the molecule is CC(C)c1ccc(C=NNC(=S)NCC2CCCO2)cc1. The summed E-state index contributed by atoms with van der Waals surface area (Å²) in [5.74, 6) is 0.545. The third-order valence-corrected chi connectivity index (χ3v) is 3.73. The van der Waals surface area contributed by atoms with Crippen LogP contribution in [0.15, 0.2) is 29.4 Å². The molecule has 21 heavy (non-hydrogen) atoms. The zero-order chi connectivity index (χ0) is 15.1. The molecule has 1 unspecified atom stereocenters. The molecule has 1 atom stereocenters. The molecular formula is C16H23N3OS. The number of benzene rings is 1. The summed E-state index contributed by atoms with van der Waals surface area (Å²) in [5, 5.41) is 7.79. The van der Waals surface area contributed by atoms with Crippen molar-refractivity contribution in [3.05, 3.63) is 35.4 Å². The molecule has 0 aromatic heterocycles. The Balaban J connectivity index is 1.72. The lowest BCUT2D eigenvalue weighted by atomic mass is 10.0. The maximum Gasteiger partial charge on any atom is 0.187 e. The van der Waals surface area contributed by atoms with Gasteiger partial charge in [-0.3, -0.25) is 5.43 Å². The van der Waals surface area contributed by atoms with Gasteiger partial charge in [0.1, 0.15) is 0 Å². The van der Waals surface area contributed by atoms with E-state index in [-0.39, 0.29) is 6.10 Å². The molecule has 1 aromatic carbocycles. The maximum absolute atomic E-state index is 5.52. The first-order chi connectivity index (χ1) is 10.1. The molecule has 2 N–H and O–H groups in total. The van der Waals surface area contributed by atoms with Gasteiger partial charge in [0.15, 0.2) is 5.11 Å². The summed E-state index contributed by atoms with van der Waals surface area (Å²) in [6.45, 7) is 5.97. The van der Waals surface area contributed by atoms with Crippen LogP contribution in [0.4, 0.5) is 0 Å². The van der Waals surface area contributed by atoms with E-state index in [2.05, 4.69) is 54.0 Å². The summed E-state index contributed by atoms with van der Waals surface area (Å²) in [4.78, 5) is 0. The van der Waals surface area contributed by atoms with Gasteiger partial charge in [-0.25, -0.2) is 0 Å². The van der Waals surface area contributed by atoms with Crippen molar-refractivity contribution in [3.63, 3.8) is 0 Å². The smallest absolute Gasteiger partial charge is 0.187 e. The Bertz CT molecular complexity index is 479. The first-order valence-electron chi connectivity index (χ1n) is 7.43. The Morgan fingerprint density at radius 1 is 1.43 bits per heavy atom. The van der Waals surface area contributed by atoms with Crippen molar-refractivity contribution in [1.82, 2.24) is 10.7 Å². The van der Waals surface area contributed by atoms with Gasteiger partial charge in [-0.15, -0.1) is 0 Å². The summed E-state index contributed by atoms with van der Waals surface area (Å²) in [7, 11) is 0. The van der Waals surface area contributed by atoms with Gasteiger partial charge in [0, 0.05) is 13.2 Å². The lowest BCUT2D eigenvalue weighted by Gasteiger charge is -2.11. The number of hydrogen-bond acceptors (Lipinski definition) is 3. The fourth-order valence-electron chi connectivity index (χ4n) is 2.18. The number of rotatable bonds is 5. The Morgan fingerprint density at radius 3 is 2.81 bits per heavy atom.